The van der Waals surface area contributed by atoms with E-state index in [-0.39, 0.29) is 27.2 Å². The van der Waals surface area contributed by atoms with E-state index in [1.165, 1.54) is 22.8 Å². The summed E-state index contributed by atoms with van der Waals surface area (Å²) >= 11 is 12.8. The normalized spacial score (nSPS) is 11.6. The van der Waals surface area contributed by atoms with Crippen LogP contribution in [0.25, 0.3) is 0 Å². The van der Waals surface area contributed by atoms with E-state index in [1.807, 2.05) is 0 Å². The monoisotopic (exact) mass is 354 g/mol. The molecule has 4 nitrogen and oxygen atoms in total. The van der Waals surface area contributed by atoms with Crippen LogP contribution < -0.4 is 10.5 Å². The molecule has 1 aromatic heterocycles. The molecule has 2 rings (SSSR count). The molecule has 0 saturated carbocycles. The first-order valence-electron chi connectivity index (χ1n) is 5.28. The van der Waals surface area contributed by atoms with Crippen LogP contribution in [-0.2, 0) is 16.6 Å². The van der Waals surface area contributed by atoms with Gasteiger partial charge >= 0.3 is 0 Å². The van der Waals surface area contributed by atoms with Crippen molar-refractivity contribution < 1.29 is 12.8 Å². The van der Waals surface area contributed by atoms with Crippen molar-refractivity contribution in [2.45, 2.75) is 11.4 Å². The van der Waals surface area contributed by atoms with Crippen molar-refractivity contribution in [3.8, 4) is 0 Å². The molecule has 0 fully saturated rings. The fourth-order valence-electron chi connectivity index (χ4n) is 1.44. The number of hydrogen-bond donors (Lipinski definition) is 2. The molecule has 20 heavy (non-hydrogen) atoms. The fourth-order valence-corrected chi connectivity index (χ4v) is 4.36. The van der Waals surface area contributed by atoms with Crippen LogP contribution in [0.5, 0.6) is 0 Å². The van der Waals surface area contributed by atoms with Crippen molar-refractivity contribution in [3.05, 3.63) is 44.3 Å². The summed E-state index contributed by atoms with van der Waals surface area (Å²) in [5, 5.41) is 1.22. The van der Waals surface area contributed by atoms with Crippen LogP contribution in [0.3, 0.4) is 0 Å². The van der Waals surface area contributed by atoms with Gasteiger partial charge in [-0.25, -0.2) is 12.8 Å². The maximum atomic E-state index is 13.1. The molecule has 2 aromatic rings. The predicted molar refractivity (Wildman–Crippen MR) is 79.4 cm³/mol. The van der Waals surface area contributed by atoms with Gasteiger partial charge < -0.3 is 5.73 Å². The van der Waals surface area contributed by atoms with Crippen molar-refractivity contribution in [2.75, 3.05) is 4.72 Å². The maximum absolute atomic E-state index is 13.1. The molecular formula is C11H9Cl2FN2O2S2. The minimum Gasteiger partial charge on any atom is -0.326 e. The Morgan fingerprint density at radius 1 is 1.25 bits per heavy atom. The molecular weight excluding hydrogens is 346 g/mol. The molecule has 9 heteroatoms. The molecule has 0 saturated heterocycles. The summed E-state index contributed by atoms with van der Waals surface area (Å²) in [6.45, 7) is 0.248. The van der Waals surface area contributed by atoms with Gasteiger partial charge in [0, 0.05) is 16.8 Å². The number of nitrogens with one attached hydrogen (secondary N) is 1. The first kappa shape index (κ1) is 15.5. The van der Waals surface area contributed by atoms with Crippen LogP contribution in [0.2, 0.25) is 10.0 Å². The highest BCUT2D eigenvalue weighted by atomic mass is 35.5. The van der Waals surface area contributed by atoms with Crippen molar-refractivity contribution in [1.29, 1.82) is 0 Å². The van der Waals surface area contributed by atoms with E-state index in [9.17, 15) is 12.8 Å². The summed E-state index contributed by atoms with van der Waals surface area (Å²) in [5.41, 5.74) is 5.38. The van der Waals surface area contributed by atoms with E-state index in [1.54, 1.807) is 0 Å². The van der Waals surface area contributed by atoms with Crippen LogP contribution >= 0.6 is 34.5 Å². The molecule has 1 aromatic carbocycles. The Bertz CT molecular complexity index is 724. The molecule has 3 N–H and O–H groups in total. The largest absolute Gasteiger partial charge is 0.326 e. The summed E-state index contributed by atoms with van der Waals surface area (Å²) in [6.07, 6.45) is 0. The van der Waals surface area contributed by atoms with E-state index < -0.39 is 15.8 Å². The Kier molecular flexibility index (Phi) is 4.55. The van der Waals surface area contributed by atoms with E-state index in [0.29, 0.717) is 0 Å². The van der Waals surface area contributed by atoms with Gasteiger partial charge in [0.15, 0.2) is 0 Å². The lowest BCUT2D eigenvalue weighted by Gasteiger charge is -2.10. The first-order valence-corrected chi connectivity index (χ1v) is 8.40. The lowest BCUT2D eigenvalue weighted by Crippen LogP contribution is -2.13. The van der Waals surface area contributed by atoms with Crippen molar-refractivity contribution >= 4 is 50.2 Å². The summed E-state index contributed by atoms with van der Waals surface area (Å²) in [5.74, 6) is -0.649. The van der Waals surface area contributed by atoms with Gasteiger partial charge in [0.05, 0.1) is 20.6 Å². The van der Waals surface area contributed by atoms with Gasteiger partial charge in [-0.15, -0.1) is 11.3 Å². The fraction of sp³-hybridized carbons (Fsp3) is 0.0909. The van der Waals surface area contributed by atoms with Gasteiger partial charge in [0.25, 0.3) is 10.0 Å². The van der Waals surface area contributed by atoms with Crippen LogP contribution in [0.1, 0.15) is 4.88 Å². The van der Waals surface area contributed by atoms with E-state index >= 15 is 0 Å². The molecule has 1 heterocycles. The molecule has 0 aliphatic heterocycles. The number of anilines is 1. The minimum absolute atomic E-state index is 0.0550. The van der Waals surface area contributed by atoms with Gasteiger partial charge in [-0.3, -0.25) is 4.72 Å². The van der Waals surface area contributed by atoms with Crippen molar-refractivity contribution in [1.82, 2.24) is 0 Å². The number of thiophene rings is 1. The lowest BCUT2D eigenvalue weighted by molar-refractivity contribution is 0.601. The number of halogens is 3. The van der Waals surface area contributed by atoms with Crippen LogP contribution in [0, 0.1) is 5.82 Å². The van der Waals surface area contributed by atoms with Crippen LogP contribution in [0.4, 0.5) is 10.1 Å². The predicted octanol–water partition coefficient (Wildman–Crippen LogP) is 3.45. The average Bonchev–Trinajstić information content (AvgIpc) is 2.83. The third-order valence-electron chi connectivity index (χ3n) is 2.38. The second-order valence-electron chi connectivity index (χ2n) is 3.80. The summed E-state index contributed by atoms with van der Waals surface area (Å²) in [7, 11) is -3.85. The molecule has 0 aliphatic carbocycles. The third kappa shape index (κ3) is 3.24. The van der Waals surface area contributed by atoms with Gasteiger partial charge in [0.2, 0.25) is 0 Å². The standard InChI is InChI=1S/C11H9Cl2FN2O2S2/c12-9-1-6(14)2-10(13)11(9)16-20(17,18)8-3-7(4-15)19-5-8/h1-3,5,16H,4,15H2. The highest BCUT2D eigenvalue weighted by Gasteiger charge is 2.20. The summed E-state index contributed by atoms with van der Waals surface area (Å²) < 4.78 is 39.6. The SMILES string of the molecule is NCc1cc(S(=O)(=O)Nc2c(Cl)cc(F)cc2Cl)cs1. The second-order valence-corrected chi connectivity index (χ2v) is 7.30. The Hall–Kier alpha value is -0.860. The van der Waals surface area contributed by atoms with Crippen molar-refractivity contribution in [3.63, 3.8) is 0 Å². The van der Waals surface area contributed by atoms with Crippen LogP contribution in [0.15, 0.2) is 28.5 Å². The zero-order valence-electron chi connectivity index (χ0n) is 9.86. The number of hydrogen-bond acceptors (Lipinski definition) is 4. The molecule has 0 bridgehead atoms. The Balaban J connectivity index is 2.38. The Morgan fingerprint density at radius 3 is 2.35 bits per heavy atom. The maximum Gasteiger partial charge on any atom is 0.262 e. The van der Waals surface area contributed by atoms with Gasteiger partial charge in [-0.2, -0.15) is 0 Å². The molecule has 0 unspecified atom stereocenters. The molecule has 108 valence electrons. The number of benzene rings is 1. The van der Waals surface area contributed by atoms with E-state index in [4.69, 9.17) is 28.9 Å². The van der Waals surface area contributed by atoms with Crippen molar-refractivity contribution in [2.24, 2.45) is 5.73 Å². The summed E-state index contributed by atoms with van der Waals surface area (Å²) in [6, 6.07) is 3.41. The topological polar surface area (TPSA) is 72.2 Å². The van der Waals surface area contributed by atoms with Gasteiger partial charge in [0.1, 0.15) is 5.82 Å². The molecule has 0 atom stereocenters. The van der Waals surface area contributed by atoms with E-state index in [2.05, 4.69) is 4.72 Å². The van der Waals surface area contributed by atoms with Gasteiger partial charge in [-0.1, -0.05) is 23.2 Å². The summed E-state index contributed by atoms with van der Waals surface area (Å²) in [4.78, 5) is 0.779. The zero-order valence-corrected chi connectivity index (χ0v) is 13.0. The number of rotatable bonds is 4. The van der Waals surface area contributed by atoms with Crippen LogP contribution in [-0.4, -0.2) is 8.42 Å². The zero-order chi connectivity index (χ0) is 14.9. The highest BCUT2D eigenvalue weighted by Crippen LogP contribution is 2.33. The molecule has 0 radical (unpaired) electrons. The smallest absolute Gasteiger partial charge is 0.262 e. The first-order chi connectivity index (χ1) is 9.33. The molecule has 0 amide bonds. The average molecular weight is 355 g/mol. The minimum atomic E-state index is -3.85. The Labute approximate surface area is 129 Å². The highest BCUT2D eigenvalue weighted by molar-refractivity contribution is 7.92. The quantitative estimate of drug-likeness (QED) is 0.882. The molecule has 0 aliphatic rings. The van der Waals surface area contributed by atoms with Gasteiger partial charge in [-0.05, 0) is 18.2 Å². The second kappa shape index (κ2) is 5.87. The van der Waals surface area contributed by atoms with E-state index in [0.717, 1.165) is 17.0 Å². The lowest BCUT2D eigenvalue weighted by atomic mass is 10.3. The number of sulfonamides is 1. The molecule has 0 spiro atoms. The number of nitrogens with two attached hydrogens (primary N) is 1. The third-order valence-corrected chi connectivity index (χ3v) is 5.42. The Morgan fingerprint density at radius 2 is 1.85 bits per heavy atom.